The van der Waals surface area contributed by atoms with E-state index in [1.54, 1.807) is 0 Å². The normalized spacial score (nSPS) is 10.6. The predicted molar refractivity (Wildman–Crippen MR) is 93.3 cm³/mol. The highest BCUT2D eigenvalue weighted by atomic mass is 19.1. The lowest BCUT2D eigenvalue weighted by Gasteiger charge is -2.21. The van der Waals surface area contributed by atoms with E-state index in [2.05, 4.69) is 20.5 Å². The first-order chi connectivity index (χ1) is 12.1. The number of benzene rings is 2. The molecular formula is C18H17F2N5. The molecule has 0 saturated heterocycles. The Labute approximate surface area is 144 Å². The van der Waals surface area contributed by atoms with Crippen LogP contribution >= 0.6 is 0 Å². The minimum absolute atomic E-state index is 0.117. The second-order valence-corrected chi connectivity index (χ2v) is 5.47. The fraction of sp³-hybridized carbons (Fsp3) is 0.167. The van der Waals surface area contributed by atoms with E-state index in [0.717, 1.165) is 17.3 Å². The molecule has 1 aromatic heterocycles. The van der Waals surface area contributed by atoms with E-state index in [1.165, 1.54) is 18.3 Å². The van der Waals surface area contributed by atoms with Crippen LogP contribution in [0.25, 0.3) is 0 Å². The number of halogens is 2. The van der Waals surface area contributed by atoms with E-state index < -0.39 is 11.6 Å². The first kappa shape index (κ1) is 16.8. The first-order valence-electron chi connectivity index (χ1n) is 7.83. The molecule has 0 aliphatic rings. The molecule has 0 unspecified atom stereocenters. The third-order valence-electron chi connectivity index (χ3n) is 3.61. The Hall–Kier alpha value is -3.09. The maximum Gasteiger partial charge on any atom is 0.251 e. The van der Waals surface area contributed by atoms with Crippen molar-refractivity contribution in [3.05, 3.63) is 65.9 Å². The van der Waals surface area contributed by atoms with Crippen molar-refractivity contribution in [3.63, 3.8) is 0 Å². The molecule has 3 aromatic rings. The molecule has 1 heterocycles. The monoisotopic (exact) mass is 341 g/mol. The van der Waals surface area contributed by atoms with Crippen molar-refractivity contribution in [3.8, 4) is 0 Å². The largest absolute Gasteiger partial charge is 0.336 e. The van der Waals surface area contributed by atoms with Crippen LogP contribution in [0.15, 0.2) is 48.7 Å². The molecule has 0 bridgehead atoms. The summed E-state index contributed by atoms with van der Waals surface area (Å²) in [5.74, 6) is -0.630. The quantitative estimate of drug-likeness (QED) is 0.747. The topological polar surface area (TPSA) is 53.9 Å². The molecule has 0 radical (unpaired) electrons. The van der Waals surface area contributed by atoms with Gasteiger partial charge in [0.2, 0.25) is 0 Å². The van der Waals surface area contributed by atoms with Crippen LogP contribution in [0, 0.1) is 18.6 Å². The Morgan fingerprint density at radius 2 is 1.96 bits per heavy atom. The van der Waals surface area contributed by atoms with Crippen LogP contribution in [0.1, 0.15) is 12.5 Å². The van der Waals surface area contributed by atoms with E-state index in [1.807, 2.05) is 43.0 Å². The minimum Gasteiger partial charge on any atom is -0.336 e. The Balaban J connectivity index is 1.90. The van der Waals surface area contributed by atoms with Crippen LogP contribution in [0.4, 0.5) is 31.9 Å². The number of aryl methyl sites for hydroxylation is 1. The van der Waals surface area contributed by atoms with Gasteiger partial charge in [-0.1, -0.05) is 12.1 Å². The summed E-state index contributed by atoms with van der Waals surface area (Å²) in [6.07, 6.45) is 1.39. The van der Waals surface area contributed by atoms with Crippen molar-refractivity contribution in [2.24, 2.45) is 0 Å². The summed E-state index contributed by atoms with van der Waals surface area (Å²) in [6.45, 7) is 4.62. The second kappa shape index (κ2) is 7.21. The second-order valence-electron chi connectivity index (χ2n) is 5.47. The summed E-state index contributed by atoms with van der Waals surface area (Å²) in [6, 6.07) is 11.2. The lowest BCUT2D eigenvalue weighted by Crippen LogP contribution is -2.19. The van der Waals surface area contributed by atoms with Gasteiger partial charge < -0.3 is 10.2 Å². The number of hydrogen-bond donors (Lipinski definition) is 1. The van der Waals surface area contributed by atoms with Crippen LogP contribution < -0.4 is 10.2 Å². The highest BCUT2D eigenvalue weighted by molar-refractivity contribution is 5.61. The van der Waals surface area contributed by atoms with Gasteiger partial charge in [0.15, 0.2) is 5.82 Å². The van der Waals surface area contributed by atoms with E-state index in [-0.39, 0.29) is 5.69 Å². The molecule has 0 aliphatic heterocycles. The molecule has 0 spiro atoms. The number of rotatable bonds is 5. The number of nitrogens with one attached hydrogen (secondary N) is 1. The van der Waals surface area contributed by atoms with E-state index >= 15 is 0 Å². The van der Waals surface area contributed by atoms with Crippen LogP contribution in [0.2, 0.25) is 0 Å². The van der Waals surface area contributed by atoms with E-state index in [9.17, 15) is 8.78 Å². The summed E-state index contributed by atoms with van der Waals surface area (Å²) in [7, 11) is 0. The average molecular weight is 341 g/mol. The summed E-state index contributed by atoms with van der Waals surface area (Å²) >= 11 is 0. The molecule has 3 rings (SSSR count). The predicted octanol–water partition coefficient (Wildman–Crippen LogP) is 4.36. The number of nitrogens with zero attached hydrogens (tertiary/aromatic N) is 4. The molecule has 0 atom stereocenters. The third-order valence-corrected chi connectivity index (χ3v) is 3.61. The van der Waals surface area contributed by atoms with Crippen molar-refractivity contribution >= 4 is 23.1 Å². The van der Waals surface area contributed by atoms with Gasteiger partial charge in [-0.3, -0.25) is 0 Å². The van der Waals surface area contributed by atoms with E-state index in [0.29, 0.717) is 18.3 Å². The van der Waals surface area contributed by atoms with Gasteiger partial charge in [0.25, 0.3) is 5.95 Å². The zero-order valence-electron chi connectivity index (χ0n) is 13.9. The van der Waals surface area contributed by atoms with Gasteiger partial charge in [-0.25, -0.2) is 8.78 Å². The van der Waals surface area contributed by atoms with Gasteiger partial charge in [0.1, 0.15) is 11.6 Å². The number of anilines is 4. The summed E-state index contributed by atoms with van der Waals surface area (Å²) in [4.78, 5) is 6.28. The lowest BCUT2D eigenvalue weighted by molar-refractivity contribution is 0.586. The molecule has 0 saturated carbocycles. The Kier molecular flexibility index (Phi) is 4.83. The van der Waals surface area contributed by atoms with Crippen molar-refractivity contribution in [2.45, 2.75) is 13.8 Å². The highest BCUT2D eigenvalue weighted by Crippen LogP contribution is 2.24. The smallest absolute Gasteiger partial charge is 0.251 e. The molecule has 2 aromatic carbocycles. The molecule has 25 heavy (non-hydrogen) atoms. The molecule has 5 nitrogen and oxygen atoms in total. The van der Waals surface area contributed by atoms with Crippen molar-refractivity contribution in [1.29, 1.82) is 0 Å². The summed E-state index contributed by atoms with van der Waals surface area (Å²) in [5, 5.41) is 10.8. The SMILES string of the molecule is CCN(c1cccc(C)c1)c1nncc(Nc2ccc(F)cc2F)n1. The number of hydrogen-bond acceptors (Lipinski definition) is 5. The van der Waals surface area contributed by atoms with E-state index in [4.69, 9.17) is 0 Å². The maximum absolute atomic E-state index is 13.8. The number of aromatic nitrogens is 3. The van der Waals surface area contributed by atoms with Gasteiger partial charge in [0.05, 0.1) is 11.9 Å². The van der Waals surface area contributed by atoms with Crippen molar-refractivity contribution in [1.82, 2.24) is 15.2 Å². The minimum atomic E-state index is -0.703. The van der Waals surface area contributed by atoms with Crippen LogP contribution in [0.5, 0.6) is 0 Å². The Morgan fingerprint density at radius 3 is 2.68 bits per heavy atom. The Morgan fingerprint density at radius 1 is 1.12 bits per heavy atom. The molecule has 1 N–H and O–H groups in total. The standard InChI is InChI=1S/C18H17F2N5/c1-3-25(14-6-4-5-12(2)9-14)18-23-17(11-21-24-18)22-16-8-7-13(19)10-15(16)20/h4-11H,3H2,1-2H3,(H,22,23,24). The summed E-state index contributed by atoms with van der Waals surface area (Å²) in [5.41, 5.74) is 2.17. The molecule has 0 fully saturated rings. The Bertz CT molecular complexity index is 885. The fourth-order valence-corrected chi connectivity index (χ4v) is 2.43. The maximum atomic E-state index is 13.8. The van der Waals surface area contributed by atoms with Crippen LogP contribution in [-0.2, 0) is 0 Å². The molecule has 7 heteroatoms. The summed E-state index contributed by atoms with van der Waals surface area (Å²) < 4.78 is 26.8. The van der Waals surface area contributed by atoms with Crippen molar-refractivity contribution < 1.29 is 8.78 Å². The highest BCUT2D eigenvalue weighted by Gasteiger charge is 2.13. The van der Waals surface area contributed by atoms with Gasteiger partial charge in [-0.05, 0) is 43.7 Å². The van der Waals surface area contributed by atoms with Gasteiger partial charge in [-0.2, -0.15) is 10.1 Å². The molecule has 128 valence electrons. The van der Waals surface area contributed by atoms with Crippen LogP contribution in [-0.4, -0.2) is 21.7 Å². The molecule has 0 amide bonds. The van der Waals surface area contributed by atoms with Gasteiger partial charge in [-0.15, -0.1) is 5.10 Å². The molecular weight excluding hydrogens is 324 g/mol. The van der Waals surface area contributed by atoms with Gasteiger partial charge >= 0.3 is 0 Å². The fourth-order valence-electron chi connectivity index (χ4n) is 2.43. The van der Waals surface area contributed by atoms with Crippen LogP contribution in [0.3, 0.4) is 0 Å². The zero-order chi connectivity index (χ0) is 17.8. The zero-order valence-corrected chi connectivity index (χ0v) is 13.9. The first-order valence-corrected chi connectivity index (χ1v) is 7.83. The van der Waals surface area contributed by atoms with Crippen molar-refractivity contribution in [2.75, 3.05) is 16.8 Å². The molecule has 0 aliphatic carbocycles. The lowest BCUT2D eigenvalue weighted by atomic mass is 10.2. The van der Waals surface area contributed by atoms with Gasteiger partial charge in [0, 0.05) is 18.3 Å². The average Bonchev–Trinajstić information content (AvgIpc) is 2.59. The third kappa shape index (κ3) is 3.88.